The van der Waals surface area contributed by atoms with E-state index in [0.717, 1.165) is 19.3 Å². The fourth-order valence-corrected chi connectivity index (χ4v) is 3.46. The van der Waals surface area contributed by atoms with E-state index >= 15 is 0 Å². The number of Topliss-reactive ketones (excluding diaryl/α,β-unsaturated/α-hetero) is 1. The van der Waals surface area contributed by atoms with E-state index in [0.29, 0.717) is 12.8 Å². The quantitative estimate of drug-likeness (QED) is 0.587. The summed E-state index contributed by atoms with van der Waals surface area (Å²) in [6.07, 6.45) is 3.38. The van der Waals surface area contributed by atoms with Crippen LogP contribution >= 0.6 is 0 Å². The van der Waals surface area contributed by atoms with Crippen LogP contribution in [0.1, 0.15) is 46.0 Å². The standard InChI is InChI=1S/C15H22N2O4/c1-3-21-14(20)12(10(2)18)15(7-5-4-6-8-15)11(9-16)13(17)19/h11-12H,3-8H2,1-2H3,(H2,17,19). The fourth-order valence-electron chi connectivity index (χ4n) is 3.46. The molecule has 0 aromatic rings. The van der Waals surface area contributed by atoms with Gasteiger partial charge in [-0.3, -0.25) is 14.4 Å². The molecule has 21 heavy (non-hydrogen) atoms. The Morgan fingerprint density at radius 3 is 2.24 bits per heavy atom. The smallest absolute Gasteiger partial charge is 0.317 e. The van der Waals surface area contributed by atoms with E-state index in [2.05, 4.69) is 0 Å². The molecule has 0 aliphatic heterocycles. The van der Waals surface area contributed by atoms with E-state index in [-0.39, 0.29) is 12.4 Å². The third-order valence-corrected chi connectivity index (χ3v) is 4.28. The van der Waals surface area contributed by atoms with Gasteiger partial charge in [-0.15, -0.1) is 0 Å². The molecule has 1 fully saturated rings. The number of esters is 1. The van der Waals surface area contributed by atoms with Crippen LogP contribution < -0.4 is 5.73 Å². The third kappa shape index (κ3) is 3.41. The van der Waals surface area contributed by atoms with Crippen molar-refractivity contribution in [3.8, 4) is 6.07 Å². The van der Waals surface area contributed by atoms with Gasteiger partial charge in [0.15, 0.2) is 0 Å². The molecule has 0 saturated heterocycles. The molecule has 1 amide bonds. The number of primary amides is 1. The van der Waals surface area contributed by atoms with Crippen molar-refractivity contribution in [3.63, 3.8) is 0 Å². The van der Waals surface area contributed by atoms with E-state index in [1.54, 1.807) is 6.92 Å². The predicted octanol–water partition coefficient (Wildman–Crippen LogP) is 1.33. The molecular formula is C15H22N2O4. The lowest BCUT2D eigenvalue weighted by atomic mass is 9.58. The predicted molar refractivity (Wildman–Crippen MR) is 74.6 cm³/mol. The first-order valence-corrected chi connectivity index (χ1v) is 7.26. The van der Waals surface area contributed by atoms with Gasteiger partial charge in [-0.1, -0.05) is 19.3 Å². The van der Waals surface area contributed by atoms with E-state index in [1.807, 2.05) is 6.07 Å². The largest absolute Gasteiger partial charge is 0.465 e. The average Bonchev–Trinajstić information content (AvgIpc) is 2.39. The highest BCUT2D eigenvalue weighted by Gasteiger charge is 2.54. The molecule has 6 nitrogen and oxygen atoms in total. The van der Waals surface area contributed by atoms with Gasteiger partial charge < -0.3 is 10.5 Å². The van der Waals surface area contributed by atoms with Crippen molar-refractivity contribution in [2.45, 2.75) is 46.0 Å². The molecule has 1 aliphatic carbocycles. The van der Waals surface area contributed by atoms with Crippen LogP contribution in [0.15, 0.2) is 0 Å². The molecule has 2 unspecified atom stereocenters. The molecule has 0 radical (unpaired) electrons. The van der Waals surface area contributed by atoms with Crippen LogP contribution in [0.25, 0.3) is 0 Å². The van der Waals surface area contributed by atoms with Gasteiger partial charge in [-0.05, 0) is 26.7 Å². The first-order valence-electron chi connectivity index (χ1n) is 7.26. The minimum atomic E-state index is -1.16. The second-order valence-electron chi connectivity index (χ2n) is 5.55. The summed E-state index contributed by atoms with van der Waals surface area (Å²) in [6.45, 7) is 3.10. The highest BCUT2D eigenvalue weighted by atomic mass is 16.5. The first-order chi connectivity index (χ1) is 9.90. The van der Waals surface area contributed by atoms with Crippen LogP contribution in [0.4, 0.5) is 0 Å². The lowest BCUT2D eigenvalue weighted by Gasteiger charge is -2.43. The monoisotopic (exact) mass is 294 g/mol. The maximum absolute atomic E-state index is 12.2. The van der Waals surface area contributed by atoms with Gasteiger partial charge in [-0.25, -0.2) is 0 Å². The Bertz CT molecular complexity index is 461. The highest BCUT2D eigenvalue weighted by molar-refractivity contribution is 5.99. The van der Waals surface area contributed by atoms with Gasteiger partial charge in [0.05, 0.1) is 12.7 Å². The van der Waals surface area contributed by atoms with Gasteiger partial charge in [0.2, 0.25) is 5.91 Å². The normalized spacial score (nSPS) is 19.9. The van der Waals surface area contributed by atoms with Gasteiger partial charge >= 0.3 is 5.97 Å². The molecular weight excluding hydrogens is 272 g/mol. The molecule has 0 spiro atoms. The number of carbonyl (C=O) groups excluding carboxylic acids is 3. The molecule has 0 aromatic heterocycles. The molecule has 1 aliphatic rings. The number of nitrogens with zero attached hydrogens (tertiary/aromatic N) is 1. The van der Waals surface area contributed by atoms with E-state index < -0.39 is 29.1 Å². The van der Waals surface area contributed by atoms with E-state index in [9.17, 15) is 19.6 Å². The summed E-state index contributed by atoms with van der Waals surface area (Å²) >= 11 is 0. The Kier molecular flexibility index (Phi) is 5.89. The Balaban J connectivity index is 3.32. The minimum absolute atomic E-state index is 0.145. The van der Waals surface area contributed by atoms with Gasteiger partial charge in [0, 0.05) is 5.41 Å². The molecule has 0 aromatic carbocycles. The summed E-state index contributed by atoms with van der Waals surface area (Å²) in [6, 6.07) is 1.91. The van der Waals surface area contributed by atoms with E-state index in [1.165, 1.54) is 6.92 Å². The Hall–Kier alpha value is -1.90. The lowest BCUT2D eigenvalue weighted by Crippen LogP contribution is -2.50. The number of rotatable bonds is 6. The van der Waals surface area contributed by atoms with Crippen LogP contribution in [0.5, 0.6) is 0 Å². The first kappa shape index (κ1) is 17.2. The van der Waals surface area contributed by atoms with Crippen molar-refractivity contribution in [2.75, 3.05) is 6.61 Å². The number of hydrogen-bond donors (Lipinski definition) is 1. The summed E-state index contributed by atoms with van der Waals surface area (Å²) in [7, 11) is 0. The zero-order valence-corrected chi connectivity index (χ0v) is 12.6. The molecule has 1 saturated carbocycles. The van der Waals surface area contributed by atoms with Crippen molar-refractivity contribution in [2.24, 2.45) is 23.0 Å². The van der Waals surface area contributed by atoms with Gasteiger partial charge in [0.25, 0.3) is 0 Å². The molecule has 6 heteroatoms. The second-order valence-corrected chi connectivity index (χ2v) is 5.55. The summed E-state index contributed by atoms with van der Waals surface area (Å²) in [4.78, 5) is 36.0. The fraction of sp³-hybridized carbons (Fsp3) is 0.733. The lowest BCUT2D eigenvalue weighted by molar-refractivity contribution is -0.160. The van der Waals surface area contributed by atoms with Gasteiger partial charge in [0.1, 0.15) is 17.6 Å². The van der Waals surface area contributed by atoms with Crippen molar-refractivity contribution >= 4 is 17.7 Å². The van der Waals surface area contributed by atoms with E-state index in [4.69, 9.17) is 10.5 Å². The Morgan fingerprint density at radius 1 is 1.29 bits per heavy atom. The van der Waals surface area contributed by atoms with Crippen LogP contribution in [-0.4, -0.2) is 24.3 Å². The van der Waals surface area contributed by atoms with Crippen LogP contribution in [0, 0.1) is 28.6 Å². The summed E-state index contributed by atoms with van der Waals surface area (Å²) in [5.74, 6) is -4.08. The van der Waals surface area contributed by atoms with Crippen molar-refractivity contribution in [1.29, 1.82) is 5.26 Å². The molecule has 0 heterocycles. The van der Waals surface area contributed by atoms with Crippen molar-refractivity contribution in [1.82, 2.24) is 0 Å². The molecule has 116 valence electrons. The van der Waals surface area contributed by atoms with Crippen molar-refractivity contribution in [3.05, 3.63) is 0 Å². The molecule has 2 N–H and O–H groups in total. The van der Waals surface area contributed by atoms with Crippen molar-refractivity contribution < 1.29 is 19.1 Å². The van der Waals surface area contributed by atoms with Crippen LogP contribution in [-0.2, 0) is 19.1 Å². The molecule has 2 atom stereocenters. The maximum Gasteiger partial charge on any atom is 0.317 e. The summed E-state index contributed by atoms with van der Waals surface area (Å²) < 4.78 is 5.00. The number of ether oxygens (including phenoxy) is 1. The number of nitrogens with two attached hydrogens (primary N) is 1. The minimum Gasteiger partial charge on any atom is -0.465 e. The molecule has 1 rings (SSSR count). The number of amides is 1. The summed E-state index contributed by atoms with van der Waals surface area (Å²) in [5, 5.41) is 9.34. The second kappa shape index (κ2) is 7.21. The maximum atomic E-state index is 12.2. The number of ketones is 1. The Morgan fingerprint density at radius 2 is 1.86 bits per heavy atom. The zero-order chi connectivity index (χ0) is 16.0. The average molecular weight is 294 g/mol. The van der Waals surface area contributed by atoms with Crippen LogP contribution in [0.2, 0.25) is 0 Å². The number of hydrogen-bond acceptors (Lipinski definition) is 5. The molecule has 0 bridgehead atoms. The topological polar surface area (TPSA) is 110 Å². The number of carbonyl (C=O) groups is 3. The third-order valence-electron chi connectivity index (χ3n) is 4.28. The zero-order valence-electron chi connectivity index (χ0n) is 12.6. The highest BCUT2D eigenvalue weighted by Crippen LogP contribution is 2.49. The number of nitriles is 1. The van der Waals surface area contributed by atoms with Crippen LogP contribution in [0.3, 0.4) is 0 Å². The van der Waals surface area contributed by atoms with Gasteiger partial charge in [-0.2, -0.15) is 5.26 Å². The summed E-state index contributed by atoms with van der Waals surface area (Å²) in [5.41, 5.74) is 4.32. The SMILES string of the molecule is CCOC(=O)C(C(C)=O)C1(C(C#N)C(N)=O)CCCCC1. The Labute approximate surface area is 124 Å².